The monoisotopic (exact) mass is 662 g/mol. The van der Waals surface area contributed by atoms with E-state index in [0.29, 0.717) is 59.0 Å². The van der Waals surface area contributed by atoms with Gasteiger partial charge in [0, 0.05) is 65.3 Å². The minimum Gasteiger partial charge on any atom is -0.461 e. The summed E-state index contributed by atoms with van der Waals surface area (Å²) in [7, 11) is 0. The number of nitrogens with zero attached hydrogens (tertiary/aromatic N) is 6. The minimum atomic E-state index is -1.08. The van der Waals surface area contributed by atoms with Gasteiger partial charge in [-0.05, 0) is 44.4 Å². The van der Waals surface area contributed by atoms with E-state index >= 15 is 8.78 Å². The number of piperazine rings is 1. The minimum absolute atomic E-state index is 0.0638. The van der Waals surface area contributed by atoms with E-state index < -0.39 is 23.3 Å². The van der Waals surface area contributed by atoms with Gasteiger partial charge in [0.2, 0.25) is 0 Å². The van der Waals surface area contributed by atoms with Crippen LogP contribution in [0.1, 0.15) is 49.3 Å². The summed E-state index contributed by atoms with van der Waals surface area (Å²) >= 11 is 1.04. The summed E-state index contributed by atoms with van der Waals surface area (Å²) < 4.78 is 58.1. The molecule has 0 amide bonds. The fourth-order valence-electron chi connectivity index (χ4n) is 8.55. The Morgan fingerprint density at radius 1 is 1.17 bits per heavy atom. The van der Waals surface area contributed by atoms with Gasteiger partial charge in [-0.15, -0.1) is 11.3 Å². The zero-order valence-corrected chi connectivity index (χ0v) is 26.4. The molecule has 3 N–H and O–H groups in total. The number of thiophene rings is 1. The maximum absolute atomic E-state index is 16.0. The highest BCUT2D eigenvalue weighted by atomic mass is 32.1. The molecule has 4 aromatic rings. The SMILES string of the molecule is N#Cc1c(N)sc2cc(F)c(F)c(-c3cc4nc(OC[C@@]56CCCN5C[C@H](F)C6)nc(N5C6CCC5CNC6)c4nc3C3COC3)c12. The molecule has 47 heavy (non-hydrogen) atoms. The summed E-state index contributed by atoms with van der Waals surface area (Å²) in [4.78, 5) is 19.4. The number of anilines is 2. The van der Waals surface area contributed by atoms with Crippen LogP contribution in [0.2, 0.25) is 0 Å². The van der Waals surface area contributed by atoms with Crippen LogP contribution in [0.15, 0.2) is 12.1 Å². The number of alkyl halides is 1. The number of hydrogen-bond acceptors (Lipinski definition) is 11. The lowest BCUT2D eigenvalue weighted by Crippen LogP contribution is -2.52. The van der Waals surface area contributed by atoms with Crippen LogP contribution in [-0.4, -0.2) is 89.6 Å². The van der Waals surface area contributed by atoms with Crippen molar-refractivity contribution in [2.45, 2.75) is 61.8 Å². The highest BCUT2D eigenvalue weighted by Crippen LogP contribution is 2.46. The van der Waals surface area contributed by atoms with E-state index in [1.807, 2.05) is 0 Å². The number of ether oxygens (including phenoxy) is 2. The van der Waals surface area contributed by atoms with Crippen molar-refractivity contribution in [1.82, 2.24) is 25.2 Å². The number of nitriles is 1. The molecule has 0 aliphatic carbocycles. The molecule has 2 bridgehead atoms. The Balaban J connectivity index is 1.25. The van der Waals surface area contributed by atoms with Crippen molar-refractivity contribution < 1.29 is 22.6 Å². The Morgan fingerprint density at radius 2 is 1.98 bits per heavy atom. The average Bonchev–Trinajstić information content (AvgIpc) is 3.72. The van der Waals surface area contributed by atoms with Crippen LogP contribution in [0.5, 0.6) is 6.01 Å². The van der Waals surface area contributed by atoms with Crippen molar-refractivity contribution in [3.8, 4) is 23.2 Å². The number of halogens is 3. The van der Waals surface area contributed by atoms with Crippen molar-refractivity contribution in [2.75, 3.05) is 56.6 Å². The number of rotatable bonds is 6. The summed E-state index contributed by atoms with van der Waals surface area (Å²) in [6.45, 7) is 3.84. The Morgan fingerprint density at radius 3 is 2.72 bits per heavy atom. The van der Waals surface area contributed by atoms with Gasteiger partial charge in [0.15, 0.2) is 17.5 Å². The van der Waals surface area contributed by atoms with E-state index in [9.17, 15) is 9.65 Å². The van der Waals surface area contributed by atoms with Gasteiger partial charge in [0.05, 0.1) is 35.5 Å². The summed E-state index contributed by atoms with van der Waals surface area (Å²) in [5, 5.41) is 14.0. The second-order valence-electron chi connectivity index (χ2n) is 13.5. The molecular formula is C33H33F3N8O2S. The number of fused-ring (bicyclic) bond motifs is 5. The van der Waals surface area contributed by atoms with E-state index in [1.165, 1.54) is 0 Å². The van der Waals surface area contributed by atoms with Crippen LogP contribution >= 0.6 is 11.3 Å². The predicted molar refractivity (Wildman–Crippen MR) is 171 cm³/mol. The van der Waals surface area contributed by atoms with Gasteiger partial charge < -0.3 is 25.4 Å². The third-order valence-corrected chi connectivity index (χ3v) is 11.8. The third-order valence-electron chi connectivity index (χ3n) is 10.8. The van der Waals surface area contributed by atoms with Gasteiger partial charge in [0.1, 0.15) is 29.4 Å². The highest BCUT2D eigenvalue weighted by molar-refractivity contribution is 7.23. The lowest BCUT2D eigenvalue weighted by atomic mass is 9.90. The molecule has 5 saturated heterocycles. The standard InChI is InChI=1S/C33H33F3N8O2S/c34-17-8-33(4-1-5-43(33)12-17)15-46-32-40-23-6-20(26-25-21(9-37)30(38)47-24(25)7-22(35)27(26)36)28(16-13-45-14-16)41-29(23)31(42-32)44-18-2-3-19(44)11-39-10-18/h6-7,16-19,39H,1-5,8,10-15,38H2/t17-,18?,19?,33+/m1/s1. The quantitative estimate of drug-likeness (QED) is 0.302. The molecule has 4 atom stereocenters. The molecule has 0 spiro atoms. The predicted octanol–water partition coefficient (Wildman–Crippen LogP) is 4.65. The fourth-order valence-corrected chi connectivity index (χ4v) is 9.50. The molecule has 5 aliphatic rings. The van der Waals surface area contributed by atoms with Gasteiger partial charge in [-0.1, -0.05) is 0 Å². The van der Waals surface area contributed by atoms with E-state index in [0.717, 1.165) is 62.7 Å². The molecule has 8 heterocycles. The Bertz CT molecular complexity index is 1970. The molecule has 10 nitrogen and oxygen atoms in total. The van der Waals surface area contributed by atoms with Crippen LogP contribution in [0.4, 0.5) is 24.0 Å². The lowest BCUT2D eigenvalue weighted by molar-refractivity contribution is 0.00707. The van der Waals surface area contributed by atoms with Crippen molar-refractivity contribution in [3.63, 3.8) is 0 Å². The first-order valence-electron chi connectivity index (χ1n) is 16.3. The fraction of sp³-hybridized carbons (Fsp3) is 0.515. The zero-order chi connectivity index (χ0) is 32.0. The smallest absolute Gasteiger partial charge is 0.319 e. The Kier molecular flexibility index (Phi) is 6.80. The Hall–Kier alpha value is -3.77. The van der Waals surface area contributed by atoms with Gasteiger partial charge >= 0.3 is 6.01 Å². The third kappa shape index (κ3) is 4.50. The van der Waals surface area contributed by atoms with E-state index in [-0.39, 0.29) is 52.1 Å². The molecule has 0 radical (unpaired) electrons. The number of nitrogens with two attached hydrogens (primary N) is 1. The maximum atomic E-state index is 16.0. The van der Waals surface area contributed by atoms with Gasteiger partial charge in [-0.3, -0.25) is 4.90 Å². The summed E-state index contributed by atoms with van der Waals surface area (Å²) in [5.41, 5.74) is 7.62. The first-order chi connectivity index (χ1) is 22.8. The molecule has 5 aliphatic heterocycles. The van der Waals surface area contributed by atoms with Crippen molar-refractivity contribution in [3.05, 3.63) is 35.0 Å². The van der Waals surface area contributed by atoms with Crippen LogP contribution in [0.3, 0.4) is 0 Å². The molecule has 9 rings (SSSR count). The van der Waals surface area contributed by atoms with Crippen LogP contribution < -0.4 is 20.7 Å². The van der Waals surface area contributed by atoms with Crippen molar-refractivity contribution >= 4 is 43.3 Å². The second kappa shape index (κ2) is 10.9. The van der Waals surface area contributed by atoms with Crippen LogP contribution in [0, 0.1) is 23.0 Å². The molecular weight excluding hydrogens is 629 g/mol. The molecule has 14 heteroatoms. The van der Waals surface area contributed by atoms with Crippen molar-refractivity contribution in [2.24, 2.45) is 0 Å². The highest BCUT2D eigenvalue weighted by Gasteiger charge is 2.49. The number of nitrogens with one attached hydrogen (secondary N) is 1. The summed E-state index contributed by atoms with van der Waals surface area (Å²) in [6, 6.07) is 5.45. The average molecular weight is 663 g/mol. The summed E-state index contributed by atoms with van der Waals surface area (Å²) in [6.07, 6.45) is 3.34. The van der Waals surface area contributed by atoms with E-state index in [2.05, 4.69) is 21.2 Å². The topological polar surface area (TPSA) is 125 Å². The number of nitrogen functional groups attached to an aromatic ring is 1. The normalized spacial score (nSPS) is 27.4. The molecule has 244 valence electrons. The molecule has 2 unspecified atom stereocenters. The molecule has 3 aromatic heterocycles. The van der Waals surface area contributed by atoms with E-state index in [1.54, 1.807) is 6.07 Å². The van der Waals surface area contributed by atoms with Gasteiger partial charge in [-0.25, -0.2) is 18.2 Å². The maximum Gasteiger partial charge on any atom is 0.319 e. The first-order valence-corrected chi connectivity index (χ1v) is 17.1. The van der Waals surface area contributed by atoms with Gasteiger partial charge in [0.25, 0.3) is 0 Å². The Labute approximate surface area is 272 Å². The molecule has 5 fully saturated rings. The molecule has 0 saturated carbocycles. The van der Waals surface area contributed by atoms with Crippen LogP contribution in [-0.2, 0) is 4.74 Å². The zero-order valence-electron chi connectivity index (χ0n) is 25.6. The number of pyridine rings is 1. The van der Waals surface area contributed by atoms with Crippen molar-refractivity contribution in [1.29, 1.82) is 5.26 Å². The van der Waals surface area contributed by atoms with Crippen LogP contribution in [0.25, 0.3) is 32.2 Å². The number of hydrogen-bond donors (Lipinski definition) is 2. The lowest BCUT2D eigenvalue weighted by Gasteiger charge is -2.37. The molecule has 1 aromatic carbocycles. The number of aromatic nitrogens is 3. The largest absolute Gasteiger partial charge is 0.461 e. The van der Waals surface area contributed by atoms with Gasteiger partial charge in [-0.2, -0.15) is 15.2 Å². The second-order valence-corrected chi connectivity index (χ2v) is 14.6. The number of benzene rings is 1. The first kappa shape index (κ1) is 29.4. The van der Waals surface area contributed by atoms with E-state index in [4.69, 9.17) is 30.2 Å². The summed E-state index contributed by atoms with van der Waals surface area (Å²) in [5.74, 6) is -1.66.